The molecule has 1 saturated heterocycles. The molecule has 14 heavy (non-hydrogen) atoms. The highest BCUT2D eigenvalue weighted by molar-refractivity contribution is 5.35. The Kier molecular flexibility index (Phi) is 1.96. The zero-order chi connectivity index (χ0) is 10.3. The molecular weight excluding hydrogens is 190 g/mol. The third-order valence-corrected chi connectivity index (χ3v) is 2.39. The molecule has 0 spiro atoms. The highest BCUT2D eigenvalue weighted by Crippen LogP contribution is 2.40. The first kappa shape index (κ1) is 9.40. The summed E-state index contributed by atoms with van der Waals surface area (Å²) in [6, 6.07) is 2.17. The smallest absolute Gasteiger partial charge is 0.165 e. The van der Waals surface area contributed by atoms with Gasteiger partial charge in [0.15, 0.2) is 11.6 Å². The van der Waals surface area contributed by atoms with Crippen molar-refractivity contribution < 1.29 is 18.3 Å². The number of halogens is 2. The van der Waals surface area contributed by atoms with Gasteiger partial charge in [0.25, 0.3) is 0 Å². The molecule has 1 atom stereocenters. The van der Waals surface area contributed by atoms with Crippen LogP contribution in [0.4, 0.5) is 8.78 Å². The van der Waals surface area contributed by atoms with Crippen molar-refractivity contribution in [3.05, 3.63) is 29.3 Å². The minimum Gasteiger partial charge on any atom is -0.494 e. The number of hydrogen-bond acceptors (Lipinski definition) is 2. The second-order valence-electron chi connectivity index (χ2n) is 3.49. The Balaban J connectivity index is 2.48. The lowest BCUT2D eigenvalue weighted by atomic mass is 10.0. The average molecular weight is 200 g/mol. The van der Waals surface area contributed by atoms with Crippen LogP contribution in [0.1, 0.15) is 12.5 Å². The van der Waals surface area contributed by atoms with Gasteiger partial charge in [-0.1, -0.05) is 0 Å². The Labute approximate surface area is 80.4 Å². The summed E-state index contributed by atoms with van der Waals surface area (Å²) in [5.74, 6) is -1.15. The van der Waals surface area contributed by atoms with Crippen LogP contribution in [0.2, 0.25) is 0 Å². The van der Waals surface area contributed by atoms with Gasteiger partial charge in [0, 0.05) is 11.6 Å². The lowest BCUT2D eigenvalue weighted by molar-refractivity contribution is 0.318. The molecule has 1 aliphatic rings. The summed E-state index contributed by atoms with van der Waals surface area (Å²) in [4.78, 5) is 0. The quantitative estimate of drug-likeness (QED) is 0.683. The molecule has 76 valence electrons. The van der Waals surface area contributed by atoms with Crippen molar-refractivity contribution in [2.45, 2.75) is 12.5 Å². The van der Waals surface area contributed by atoms with E-state index in [1.54, 1.807) is 6.92 Å². The Morgan fingerprint density at radius 2 is 2.00 bits per heavy atom. The number of ether oxygens (including phenoxy) is 2. The summed E-state index contributed by atoms with van der Waals surface area (Å²) in [5, 5.41) is 0. The van der Waals surface area contributed by atoms with E-state index in [9.17, 15) is 8.78 Å². The van der Waals surface area contributed by atoms with Crippen molar-refractivity contribution in [2.75, 3.05) is 13.7 Å². The zero-order valence-electron chi connectivity index (χ0n) is 7.93. The van der Waals surface area contributed by atoms with Crippen molar-refractivity contribution in [3.8, 4) is 5.75 Å². The maximum absolute atomic E-state index is 13.4. The highest BCUT2D eigenvalue weighted by Gasteiger charge is 2.43. The van der Waals surface area contributed by atoms with E-state index >= 15 is 0 Å². The van der Waals surface area contributed by atoms with Crippen molar-refractivity contribution in [1.82, 2.24) is 0 Å². The van der Waals surface area contributed by atoms with Crippen LogP contribution < -0.4 is 4.74 Å². The van der Waals surface area contributed by atoms with Crippen LogP contribution in [-0.2, 0) is 10.3 Å². The second kappa shape index (κ2) is 2.92. The van der Waals surface area contributed by atoms with Crippen LogP contribution in [0.3, 0.4) is 0 Å². The van der Waals surface area contributed by atoms with Crippen LogP contribution in [-0.4, -0.2) is 13.7 Å². The molecule has 1 aliphatic heterocycles. The molecule has 4 heteroatoms. The van der Waals surface area contributed by atoms with Gasteiger partial charge in [0.1, 0.15) is 11.4 Å². The maximum Gasteiger partial charge on any atom is 0.165 e. The maximum atomic E-state index is 13.4. The van der Waals surface area contributed by atoms with Gasteiger partial charge >= 0.3 is 0 Å². The zero-order valence-corrected chi connectivity index (χ0v) is 7.93. The third-order valence-electron chi connectivity index (χ3n) is 2.39. The number of epoxide rings is 1. The molecular formula is C10H10F2O2. The van der Waals surface area contributed by atoms with Crippen LogP contribution in [0, 0.1) is 11.6 Å². The Morgan fingerprint density at radius 1 is 1.36 bits per heavy atom. The lowest BCUT2D eigenvalue weighted by Crippen LogP contribution is -2.07. The molecule has 0 aromatic heterocycles. The number of methoxy groups -OCH3 is 1. The molecule has 1 aromatic rings. The highest BCUT2D eigenvalue weighted by atomic mass is 19.1. The van der Waals surface area contributed by atoms with Gasteiger partial charge in [-0.25, -0.2) is 8.78 Å². The molecule has 1 fully saturated rings. The Morgan fingerprint density at radius 3 is 2.50 bits per heavy atom. The lowest BCUT2D eigenvalue weighted by Gasteiger charge is -2.09. The van der Waals surface area contributed by atoms with E-state index in [1.807, 2.05) is 0 Å². The van der Waals surface area contributed by atoms with Gasteiger partial charge < -0.3 is 9.47 Å². The normalized spacial score (nSPS) is 24.9. The molecule has 0 N–H and O–H groups in total. The van der Waals surface area contributed by atoms with E-state index < -0.39 is 17.2 Å². The van der Waals surface area contributed by atoms with Crippen molar-refractivity contribution in [1.29, 1.82) is 0 Å². The van der Waals surface area contributed by atoms with Crippen LogP contribution in [0.15, 0.2) is 12.1 Å². The monoisotopic (exact) mass is 200 g/mol. The molecule has 0 amide bonds. The van der Waals surface area contributed by atoms with Gasteiger partial charge in [0.2, 0.25) is 0 Å². The van der Waals surface area contributed by atoms with Gasteiger partial charge in [-0.2, -0.15) is 0 Å². The van der Waals surface area contributed by atoms with Crippen LogP contribution in [0.25, 0.3) is 0 Å². The number of rotatable bonds is 2. The fourth-order valence-corrected chi connectivity index (χ4v) is 1.35. The SMILES string of the molecule is COc1cc(F)c(C2(C)CO2)cc1F. The molecule has 2 rings (SSSR count). The first-order valence-electron chi connectivity index (χ1n) is 4.24. The number of hydrogen-bond donors (Lipinski definition) is 0. The van der Waals surface area contributed by atoms with Crippen molar-refractivity contribution in [2.24, 2.45) is 0 Å². The average Bonchev–Trinajstić information content (AvgIpc) is 2.88. The first-order chi connectivity index (χ1) is 6.57. The minimum atomic E-state index is -0.656. The molecule has 1 unspecified atom stereocenters. The van der Waals surface area contributed by atoms with Gasteiger partial charge in [-0.05, 0) is 13.0 Å². The predicted molar refractivity (Wildman–Crippen MR) is 46.2 cm³/mol. The van der Waals surface area contributed by atoms with Crippen LogP contribution >= 0.6 is 0 Å². The molecule has 0 aliphatic carbocycles. The molecule has 0 radical (unpaired) electrons. The molecule has 0 saturated carbocycles. The molecule has 2 nitrogen and oxygen atoms in total. The summed E-state index contributed by atoms with van der Waals surface area (Å²) >= 11 is 0. The second-order valence-corrected chi connectivity index (χ2v) is 3.49. The summed E-state index contributed by atoms with van der Waals surface area (Å²) in [6.45, 7) is 2.15. The molecule has 1 aromatic carbocycles. The number of benzene rings is 1. The largest absolute Gasteiger partial charge is 0.494 e. The van der Waals surface area contributed by atoms with E-state index in [1.165, 1.54) is 7.11 Å². The van der Waals surface area contributed by atoms with E-state index in [2.05, 4.69) is 4.74 Å². The fraction of sp³-hybridized carbons (Fsp3) is 0.400. The molecule has 0 bridgehead atoms. The van der Waals surface area contributed by atoms with E-state index in [0.29, 0.717) is 6.61 Å². The predicted octanol–water partition coefficient (Wildman–Crippen LogP) is 2.22. The summed E-state index contributed by atoms with van der Waals surface area (Å²) in [5.41, 5.74) is -0.409. The van der Waals surface area contributed by atoms with E-state index in [4.69, 9.17) is 4.74 Å². The molecule has 1 heterocycles. The summed E-state index contributed by atoms with van der Waals surface area (Å²) in [7, 11) is 1.30. The third kappa shape index (κ3) is 1.35. The van der Waals surface area contributed by atoms with Crippen molar-refractivity contribution in [3.63, 3.8) is 0 Å². The van der Waals surface area contributed by atoms with Crippen LogP contribution in [0.5, 0.6) is 5.75 Å². The van der Waals surface area contributed by atoms with Gasteiger partial charge in [0.05, 0.1) is 13.7 Å². The van der Waals surface area contributed by atoms with Gasteiger partial charge in [-0.3, -0.25) is 0 Å². The standard InChI is InChI=1S/C10H10F2O2/c1-10(5-14-10)6-3-8(12)9(13-2)4-7(6)11/h3-4H,5H2,1-2H3. The van der Waals surface area contributed by atoms with Gasteiger partial charge in [-0.15, -0.1) is 0 Å². The topological polar surface area (TPSA) is 21.8 Å². The Hall–Kier alpha value is -1.16. The minimum absolute atomic E-state index is 0.0875. The van der Waals surface area contributed by atoms with E-state index in [-0.39, 0.29) is 11.3 Å². The first-order valence-corrected chi connectivity index (χ1v) is 4.24. The fourth-order valence-electron chi connectivity index (χ4n) is 1.35. The van der Waals surface area contributed by atoms with Crippen molar-refractivity contribution >= 4 is 0 Å². The summed E-state index contributed by atoms with van der Waals surface area (Å²) < 4.78 is 36.4. The van der Waals surface area contributed by atoms with E-state index in [0.717, 1.165) is 12.1 Å². The Bertz CT molecular complexity index is 373. The summed E-state index contributed by atoms with van der Waals surface area (Å²) in [6.07, 6.45) is 0.